The van der Waals surface area contributed by atoms with E-state index in [-0.39, 0.29) is 6.04 Å². The molecule has 0 amide bonds. The van der Waals surface area contributed by atoms with Gasteiger partial charge in [0, 0.05) is 25.2 Å². The van der Waals surface area contributed by atoms with Gasteiger partial charge in [-0.3, -0.25) is 4.90 Å². The van der Waals surface area contributed by atoms with E-state index in [1.165, 1.54) is 11.1 Å². The summed E-state index contributed by atoms with van der Waals surface area (Å²) < 4.78 is 5.63. The lowest BCUT2D eigenvalue weighted by Crippen LogP contribution is -2.44. The van der Waals surface area contributed by atoms with E-state index in [1.807, 2.05) is 6.07 Å². The van der Waals surface area contributed by atoms with Crippen molar-refractivity contribution in [2.45, 2.75) is 18.9 Å². The molecule has 1 aliphatic rings. The first-order valence-corrected chi connectivity index (χ1v) is 9.18. The Balaban J connectivity index is 1.54. The number of nitrogens with zero attached hydrogens (tertiary/aromatic N) is 3. The Kier molecular flexibility index (Phi) is 5.09. The zero-order chi connectivity index (χ0) is 17.8. The first-order valence-electron chi connectivity index (χ1n) is 9.18. The van der Waals surface area contributed by atoms with Crippen LogP contribution in [0.25, 0.3) is 11.5 Å². The van der Waals surface area contributed by atoms with E-state index < -0.39 is 0 Å². The molecule has 1 unspecified atom stereocenters. The Morgan fingerprint density at radius 1 is 1.08 bits per heavy atom. The SMILES string of the molecule is CN1CCNCC1c1noc(-c2ccccc2CCc2ccccc2)n1. The number of hydrogen-bond acceptors (Lipinski definition) is 5. The van der Waals surface area contributed by atoms with Crippen LogP contribution in [-0.2, 0) is 12.8 Å². The maximum absolute atomic E-state index is 5.63. The van der Waals surface area contributed by atoms with Gasteiger partial charge in [0.2, 0.25) is 0 Å². The van der Waals surface area contributed by atoms with E-state index in [9.17, 15) is 0 Å². The smallest absolute Gasteiger partial charge is 0.258 e. The summed E-state index contributed by atoms with van der Waals surface area (Å²) in [7, 11) is 2.11. The summed E-state index contributed by atoms with van der Waals surface area (Å²) in [5, 5.41) is 7.66. The van der Waals surface area contributed by atoms with Gasteiger partial charge in [-0.25, -0.2) is 0 Å². The molecule has 26 heavy (non-hydrogen) atoms. The molecule has 0 spiro atoms. The van der Waals surface area contributed by atoms with Crippen molar-refractivity contribution in [3.63, 3.8) is 0 Å². The fourth-order valence-electron chi connectivity index (χ4n) is 3.44. The van der Waals surface area contributed by atoms with Crippen molar-refractivity contribution >= 4 is 0 Å². The highest BCUT2D eigenvalue weighted by Gasteiger charge is 2.25. The molecule has 1 saturated heterocycles. The molecule has 5 nitrogen and oxygen atoms in total. The summed E-state index contributed by atoms with van der Waals surface area (Å²) in [6, 6.07) is 19.0. The van der Waals surface area contributed by atoms with Crippen molar-refractivity contribution in [1.82, 2.24) is 20.4 Å². The highest BCUT2D eigenvalue weighted by Crippen LogP contribution is 2.26. The zero-order valence-electron chi connectivity index (χ0n) is 15.1. The molecule has 1 atom stereocenters. The summed E-state index contributed by atoms with van der Waals surface area (Å²) in [5.74, 6) is 1.37. The maximum atomic E-state index is 5.63. The molecule has 2 aromatic carbocycles. The van der Waals surface area contributed by atoms with Gasteiger partial charge in [0.1, 0.15) is 0 Å². The minimum Gasteiger partial charge on any atom is -0.334 e. The number of aryl methyl sites for hydroxylation is 2. The van der Waals surface area contributed by atoms with E-state index in [1.54, 1.807) is 0 Å². The van der Waals surface area contributed by atoms with Gasteiger partial charge in [0.05, 0.1) is 6.04 Å². The average Bonchev–Trinajstić information content (AvgIpc) is 3.17. The third-order valence-electron chi connectivity index (χ3n) is 5.02. The zero-order valence-corrected chi connectivity index (χ0v) is 15.1. The molecule has 0 radical (unpaired) electrons. The monoisotopic (exact) mass is 348 g/mol. The van der Waals surface area contributed by atoms with Crippen molar-refractivity contribution in [2.24, 2.45) is 0 Å². The molecule has 2 heterocycles. The van der Waals surface area contributed by atoms with Crippen LogP contribution in [0.15, 0.2) is 59.1 Å². The Morgan fingerprint density at radius 3 is 2.73 bits per heavy atom. The van der Waals surface area contributed by atoms with Crippen LogP contribution in [0.2, 0.25) is 0 Å². The quantitative estimate of drug-likeness (QED) is 0.768. The summed E-state index contributed by atoms with van der Waals surface area (Å²) in [6.45, 7) is 2.84. The van der Waals surface area contributed by atoms with Gasteiger partial charge in [-0.05, 0) is 37.1 Å². The number of hydrogen-bond donors (Lipinski definition) is 1. The van der Waals surface area contributed by atoms with E-state index in [0.29, 0.717) is 5.89 Å². The first-order chi connectivity index (χ1) is 12.8. The Hall–Kier alpha value is -2.50. The Morgan fingerprint density at radius 2 is 1.88 bits per heavy atom. The van der Waals surface area contributed by atoms with Crippen molar-refractivity contribution in [3.05, 3.63) is 71.5 Å². The molecular formula is C21H24N4O. The van der Waals surface area contributed by atoms with Gasteiger partial charge in [0.25, 0.3) is 5.89 Å². The fourth-order valence-corrected chi connectivity index (χ4v) is 3.44. The second-order valence-electron chi connectivity index (χ2n) is 6.80. The van der Waals surface area contributed by atoms with Crippen LogP contribution in [0, 0.1) is 0 Å². The predicted octanol–water partition coefficient (Wildman–Crippen LogP) is 3.10. The second kappa shape index (κ2) is 7.81. The topological polar surface area (TPSA) is 54.2 Å². The van der Waals surface area contributed by atoms with Gasteiger partial charge in [-0.15, -0.1) is 0 Å². The van der Waals surface area contributed by atoms with Crippen molar-refractivity contribution in [3.8, 4) is 11.5 Å². The minimum absolute atomic E-state index is 0.165. The summed E-state index contributed by atoms with van der Waals surface area (Å²) in [5.41, 5.74) is 3.61. The lowest BCUT2D eigenvalue weighted by atomic mass is 10.00. The third-order valence-corrected chi connectivity index (χ3v) is 5.02. The first kappa shape index (κ1) is 16.9. The summed E-state index contributed by atoms with van der Waals surface area (Å²) in [6.07, 6.45) is 1.94. The molecule has 1 aromatic heterocycles. The van der Waals surface area contributed by atoms with Crippen LogP contribution in [0.4, 0.5) is 0 Å². The van der Waals surface area contributed by atoms with Gasteiger partial charge < -0.3 is 9.84 Å². The number of likely N-dealkylation sites (N-methyl/N-ethyl adjacent to an activating group) is 1. The molecule has 1 aliphatic heterocycles. The molecule has 1 N–H and O–H groups in total. The third kappa shape index (κ3) is 3.69. The molecule has 5 heteroatoms. The minimum atomic E-state index is 0.165. The van der Waals surface area contributed by atoms with Crippen molar-refractivity contribution in [2.75, 3.05) is 26.7 Å². The van der Waals surface area contributed by atoms with E-state index >= 15 is 0 Å². The van der Waals surface area contributed by atoms with Crippen LogP contribution >= 0.6 is 0 Å². The number of rotatable bonds is 5. The van der Waals surface area contributed by atoms with Crippen LogP contribution < -0.4 is 5.32 Å². The predicted molar refractivity (Wildman–Crippen MR) is 102 cm³/mol. The normalized spacial score (nSPS) is 18.1. The van der Waals surface area contributed by atoms with Crippen LogP contribution in [0.1, 0.15) is 23.0 Å². The van der Waals surface area contributed by atoms with Gasteiger partial charge in [0.15, 0.2) is 5.82 Å². The van der Waals surface area contributed by atoms with Gasteiger partial charge in [-0.1, -0.05) is 53.7 Å². The Bertz CT molecular complexity index is 846. The van der Waals surface area contributed by atoms with Crippen LogP contribution in [0.3, 0.4) is 0 Å². The van der Waals surface area contributed by atoms with Crippen molar-refractivity contribution < 1.29 is 4.52 Å². The summed E-state index contributed by atoms with van der Waals surface area (Å²) >= 11 is 0. The molecule has 4 rings (SSSR count). The van der Waals surface area contributed by atoms with Crippen LogP contribution in [-0.4, -0.2) is 41.7 Å². The molecule has 134 valence electrons. The molecule has 1 fully saturated rings. The van der Waals surface area contributed by atoms with Gasteiger partial charge >= 0.3 is 0 Å². The number of benzene rings is 2. The highest BCUT2D eigenvalue weighted by atomic mass is 16.5. The number of nitrogens with one attached hydrogen (secondary N) is 1. The summed E-state index contributed by atoms with van der Waals surface area (Å²) in [4.78, 5) is 6.98. The van der Waals surface area contributed by atoms with Gasteiger partial charge in [-0.2, -0.15) is 4.98 Å². The molecule has 0 aliphatic carbocycles. The molecule has 0 bridgehead atoms. The molecule has 3 aromatic rings. The molecular weight excluding hydrogens is 324 g/mol. The van der Waals surface area contributed by atoms with E-state index in [2.05, 4.69) is 71.0 Å². The fraction of sp³-hybridized carbons (Fsp3) is 0.333. The Labute approximate surface area is 154 Å². The number of aromatic nitrogens is 2. The lowest BCUT2D eigenvalue weighted by Gasteiger charge is -2.30. The number of piperazine rings is 1. The lowest BCUT2D eigenvalue weighted by molar-refractivity contribution is 0.190. The van der Waals surface area contributed by atoms with E-state index in [4.69, 9.17) is 9.51 Å². The van der Waals surface area contributed by atoms with Crippen molar-refractivity contribution in [1.29, 1.82) is 0 Å². The van der Waals surface area contributed by atoms with Crippen LogP contribution in [0.5, 0.6) is 0 Å². The molecule has 0 saturated carbocycles. The maximum Gasteiger partial charge on any atom is 0.258 e. The largest absolute Gasteiger partial charge is 0.334 e. The highest BCUT2D eigenvalue weighted by molar-refractivity contribution is 5.58. The second-order valence-corrected chi connectivity index (χ2v) is 6.80. The van der Waals surface area contributed by atoms with E-state index in [0.717, 1.165) is 43.9 Å². The standard InChI is InChI=1S/C21H24N4O/c1-25-14-13-22-15-19(25)20-23-21(26-24-20)18-10-6-5-9-17(18)12-11-16-7-3-2-4-8-16/h2-10,19,22H,11-15H2,1H3. The average molecular weight is 348 g/mol.